The molecule has 256 valence electrons. The molecule has 3 amide bonds. The molecule has 0 unspecified atom stereocenters. The van der Waals surface area contributed by atoms with E-state index in [-0.39, 0.29) is 30.9 Å². The molecule has 11 heteroatoms. The first-order valence-electron chi connectivity index (χ1n) is 16.1. The van der Waals surface area contributed by atoms with Crippen molar-refractivity contribution in [3.8, 4) is 11.1 Å². The number of amides is 3. The zero-order valence-electron chi connectivity index (χ0n) is 27.1. The van der Waals surface area contributed by atoms with E-state index in [2.05, 4.69) is 22.5 Å². The van der Waals surface area contributed by atoms with E-state index in [1.807, 2.05) is 48.5 Å². The van der Waals surface area contributed by atoms with Crippen LogP contribution in [0.1, 0.15) is 39.4 Å². The fraction of sp³-hybridized carbons (Fsp3) is 0.205. The minimum absolute atomic E-state index is 0.0120. The monoisotopic (exact) mass is 675 g/mol. The first-order valence-corrected chi connectivity index (χ1v) is 16.1. The van der Waals surface area contributed by atoms with Gasteiger partial charge in [-0.15, -0.1) is 6.58 Å². The van der Waals surface area contributed by atoms with E-state index in [1.165, 1.54) is 18.2 Å². The quantitative estimate of drug-likeness (QED) is 0.105. The van der Waals surface area contributed by atoms with Crippen molar-refractivity contribution >= 4 is 29.8 Å². The lowest BCUT2D eigenvalue weighted by molar-refractivity contribution is -0.142. The Kier molecular flexibility index (Phi) is 11.7. The van der Waals surface area contributed by atoms with Crippen LogP contribution in [-0.4, -0.2) is 66.3 Å². The second-order valence-corrected chi connectivity index (χ2v) is 11.7. The number of esters is 1. The van der Waals surface area contributed by atoms with Crippen molar-refractivity contribution in [1.82, 2.24) is 16.0 Å². The Morgan fingerprint density at radius 2 is 1.22 bits per heavy atom. The van der Waals surface area contributed by atoms with Gasteiger partial charge in [-0.05, 0) is 46.4 Å². The highest BCUT2D eigenvalue weighted by Gasteiger charge is 2.32. The fourth-order valence-electron chi connectivity index (χ4n) is 5.77. The minimum Gasteiger partial charge on any atom is -0.480 e. The number of ether oxygens (including phenoxy) is 2. The van der Waals surface area contributed by atoms with Crippen LogP contribution < -0.4 is 16.0 Å². The summed E-state index contributed by atoms with van der Waals surface area (Å²) in [5, 5.41) is 17.3. The van der Waals surface area contributed by atoms with Crippen LogP contribution in [0.25, 0.3) is 11.1 Å². The number of nitrogens with one attached hydrogen (secondary N) is 3. The Labute approximate surface area is 289 Å². The molecule has 0 fully saturated rings. The molecular formula is C39H37N3O8. The second-order valence-electron chi connectivity index (χ2n) is 11.7. The van der Waals surface area contributed by atoms with Crippen LogP contribution in [0, 0.1) is 0 Å². The van der Waals surface area contributed by atoms with Gasteiger partial charge in [0.2, 0.25) is 11.8 Å². The Bertz CT molecular complexity index is 1800. The van der Waals surface area contributed by atoms with Crippen LogP contribution in [0.4, 0.5) is 4.79 Å². The van der Waals surface area contributed by atoms with Gasteiger partial charge in [0.05, 0.1) is 5.56 Å². The lowest BCUT2D eigenvalue weighted by Gasteiger charge is -2.24. The van der Waals surface area contributed by atoms with Gasteiger partial charge >= 0.3 is 18.0 Å². The normalized spacial score (nSPS) is 13.4. The SMILES string of the molecule is C=CC[C@@H](NC(=O)[C@H](COC(=O)c1ccccc1)NC(=O)OCC1c2ccccc2-c2ccccc21)C(=O)N[C@H](Cc1ccccc1)C(=O)O. The second kappa shape index (κ2) is 16.7. The molecule has 4 N–H and O–H groups in total. The maximum Gasteiger partial charge on any atom is 0.407 e. The van der Waals surface area contributed by atoms with Gasteiger partial charge in [-0.1, -0.05) is 103 Å². The maximum atomic E-state index is 13.6. The Morgan fingerprint density at radius 1 is 0.680 bits per heavy atom. The van der Waals surface area contributed by atoms with Crippen LogP contribution in [0.2, 0.25) is 0 Å². The summed E-state index contributed by atoms with van der Waals surface area (Å²) >= 11 is 0. The summed E-state index contributed by atoms with van der Waals surface area (Å²) in [5.74, 6) is -3.87. The van der Waals surface area contributed by atoms with E-state index in [9.17, 15) is 29.1 Å². The molecule has 0 spiro atoms. The number of carbonyl (C=O) groups excluding carboxylic acids is 4. The van der Waals surface area contributed by atoms with E-state index in [0.29, 0.717) is 5.56 Å². The zero-order chi connectivity index (χ0) is 35.5. The number of alkyl carbamates (subject to hydrolysis) is 1. The highest BCUT2D eigenvalue weighted by Crippen LogP contribution is 2.44. The summed E-state index contributed by atoms with van der Waals surface area (Å²) in [6, 6.07) is 28.5. The summed E-state index contributed by atoms with van der Waals surface area (Å²) in [5.41, 5.74) is 5.01. The molecule has 4 aromatic carbocycles. The van der Waals surface area contributed by atoms with Crippen molar-refractivity contribution in [2.45, 2.75) is 36.9 Å². The molecule has 50 heavy (non-hydrogen) atoms. The van der Waals surface area contributed by atoms with E-state index < -0.39 is 54.6 Å². The molecule has 5 rings (SSSR count). The van der Waals surface area contributed by atoms with Gasteiger partial charge in [0.15, 0.2) is 0 Å². The molecule has 0 bridgehead atoms. The van der Waals surface area contributed by atoms with Crippen molar-refractivity contribution in [2.75, 3.05) is 13.2 Å². The van der Waals surface area contributed by atoms with Crippen LogP contribution in [0.3, 0.4) is 0 Å². The molecule has 0 aromatic heterocycles. The average Bonchev–Trinajstić information content (AvgIpc) is 3.45. The van der Waals surface area contributed by atoms with Crippen LogP contribution >= 0.6 is 0 Å². The van der Waals surface area contributed by atoms with Crippen molar-refractivity contribution in [3.63, 3.8) is 0 Å². The minimum atomic E-state index is -1.47. The number of carboxylic acids is 1. The Hall–Kier alpha value is -6.23. The molecule has 4 aromatic rings. The van der Waals surface area contributed by atoms with E-state index >= 15 is 0 Å². The molecule has 1 aliphatic carbocycles. The highest BCUT2D eigenvalue weighted by molar-refractivity contribution is 5.94. The lowest BCUT2D eigenvalue weighted by atomic mass is 9.98. The number of hydrogen-bond acceptors (Lipinski definition) is 7. The molecular weight excluding hydrogens is 638 g/mol. The number of carbonyl (C=O) groups is 5. The molecule has 11 nitrogen and oxygen atoms in total. The summed E-state index contributed by atoms with van der Waals surface area (Å²) in [7, 11) is 0. The number of fused-ring (bicyclic) bond motifs is 3. The van der Waals surface area contributed by atoms with Gasteiger partial charge in [-0.3, -0.25) is 9.59 Å². The molecule has 3 atom stereocenters. The maximum absolute atomic E-state index is 13.6. The van der Waals surface area contributed by atoms with E-state index in [0.717, 1.165) is 22.3 Å². The predicted octanol–water partition coefficient (Wildman–Crippen LogP) is 4.62. The number of hydrogen-bond donors (Lipinski definition) is 4. The fourth-order valence-corrected chi connectivity index (χ4v) is 5.77. The Balaban J connectivity index is 1.28. The molecule has 0 saturated heterocycles. The number of rotatable bonds is 15. The van der Waals surface area contributed by atoms with Gasteiger partial charge < -0.3 is 30.5 Å². The first kappa shape index (κ1) is 35.1. The number of aliphatic carboxylic acids is 1. The summed E-state index contributed by atoms with van der Waals surface area (Å²) in [4.78, 5) is 64.8. The lowest BCUT2D eigenvalue weighted by Crippen LogP contribution is -2.57. The van der Waals surface area contributed by atoms with Gasteiger partial charge in [0.25, 0.3) is 0 Å². The zero-order valence-corrected chi connectivity index (χ0v) is 27.1. The standard InChI is InChI=1S/C39H37N3O8/c1-2-13-32(35(43)41-33(37(45)46)22-25-14-5-3-6-15-25)40-36(44)34(24-49-38(47)26-16-7-4-8-17-26)42-39(48)50-23-31-29-20-11-9-18-27(29)28-19-10-12-21-30(28)31/h2-12,14-21,31-34H,1,13,22-24H2,(H,40,44)(H,41,43)(H,42,48)(H,45,46)/t32-,33-,34+/m1/s1. The molecule has 0 saturated carbocycles. The molecule has 1 aliphatic rings. The Morgan fingerprint density at radius 3 is 1.82 bits per heavy atom. The third-order valence-electron chi connectivity index (χ3n) is 8.28. The predicted molar refractivity (Wildman–Crippen MR) is 185 cm³/mol. The van der Waals surface area contributed by atoms with Gasteiger partial charge in [0.1, 0.15) is 31.3 Å². The third kappa shape index (κ3) is 8.81. The van der Waals surface area contributed by atoms with Gasteiger partial charge in [0, 0.05) is 12.3 Å². The first-order chi connectivity index (χ1) is 24.2. The largest absolute Gasteiger partial charge is 0.480 e. The summed E-state index contributed by atoms with van der Waals surface area (Å²) in [6.07, 6.45) is 0.400. The molecule has 0 radical (unpaired) electrons. The van der Waals surface area contributed by atoms with Gasteiger partial charge in [-0.2, -0.15) is 0 Å². The van der Waals surface area contributed by atoms with Crippen LogP contribution in [0.5, 0.6) is 0 Å². The van der Waals surface area contributed by atoms with E-state index in [1.54, 1.807) is 48.5 Å². The smallest absolute Gasteiger partial charge is 0.407 e. The number of carboxylic acid groups (broad SMARTS) is 1. The van der Waals surface area contributed by atoms with Crippen LogP contribution in [-0.2, 0) is 30.3 Å². The van der Waals surface area contributed by atoms with Crippen molar-refractivity contribution < 1.29 is 38.6 Å². The van der Waals surface area contributed by atoms with Crippen LogP contribution in [0.15, 0.2) is 122 Å². The van der Waals surface area contributed by atoms with Crippen molar-refractivity contribution in [3.05, 3.63) is 144 Å². The highest BCUT2D eigenvalue weighted by atomic mass is 16.6. The summed E-state index contributed by atoms with van der Waals surface area (Å²) < 4.78 is 11.0. The third-order valence-corrected chi connectivity index (χ3v) is 8.28. The van der Waals surface area contributed by atoms with Crippen molar-refractivity contribution in [2.24, 2.45) is 0 Å². The average molecular weight is 676 g/mol. The molecule has 0 aliphatic heterocycles. The van der Waals surface area contributed by atoms with E-state index in [4.69, 9.17) is 9.47 Å². The summed E-state index contributed by atoms with van der Waals surface area (Å²) in [6.45, 7) is 3.03. The number of benzene rings is 4. The van der Waals surface area contributed by atoms with Crippen molar-refractivity contribution in [1.29, 1.82) is 0 Å². The molecule has 0 heterocycles. The van der Waals surface area contributed by atoms with Gasteiger partial charge in [-0.25, -0.2) is 14.4 Å². The topological polar surface area (TPSA) is 160 Å².